The number of H-pyrrole nitrogens is 1. The fraction of sp³-hybridized carbons (Fsp3) is 0.500. The van der Waals surface area contributed by atoms with Gasteiger partial charge in [-0.25, -0.2) is 9.78 Å². The Balaban J connectivity index is 2.74. The number of aromatic amines is 1. The number of carbonyl (C=O) groups is 3. The lowest BCUT2D eigenvalue weighted by molar-refractivity contribution is -0.152. The standard InChI is InChI=1S/C14H20N4O5/c1-8(2)23-14(22)10(4-3-9(19)5-15)18-13(21)12(20)11-6-16-7-17-11/h5-8,10,12,15,20H,3-4H2,1-2H3,(H,16,17)(H,18,21)/t10-,12-/m0/s1. The highest BCUT2D eigenvalue weighted by molar-refractivity contribution is 6.26. The summed E-state index contributed by atoms with van der Waals surface area (Å²) in [6, 6.07) is -1.10. The summed E-state index contributed by atoms with van der Waals surface area (Å²) in [7, 11) is 0. The number of rotatable bonds is 9. The lowest BCUT2D eigenvalue weighted by Gasteiger charge is -2.20. The largest absolute Gasteiger partial charge is 0.461 e. The molecule has 2 atom stereocenters. The smallest absolute Gasteiger partial charge is 0.328 e. The van der Waals surface area contributed by atoms with E-state index in [4.69, 9.17) is 10.1 Å². The zero-order valence-electron chi connectivity index (χ0n) is 12.9. The number of ketones is 1. The number of hydrogen-bond donors (Lipinski definition) is 4. The SMILES string of the molecule is CC(C)OC(=O)[C@H](CCC(=O)C=N)NC(=O)[C@@H](O)c1c[nH]cn1. The van der Waals surface area contributed by atoms with Gasteiger partial charge in [0.25, 0.3) is 5.91 Å². The predicted molar refractivity (Wildman–Crippen MR) is 79.7 cm³/mol. The maximum atomic E-state index is 12.0. The fourth-order valence-corrected chi connectivity index (χ4v) is 1.73. The lowest BCUT2D eigenvalue weighted by atomic mass is 10.1. The molecule has 0 saturated carbocycles. The van der Waals surface area contributed by atoms with Crippen molar-refractivity contribution >= 4 is 23.9 Å². The van der Waals surface area contributed by atoms with Gasteiger partial charge in [0.05, 0.1) is 24.3 Å². The minimum absolute atomic E-state index is 0.0290. The summed E-state index contributed by atoms with van der Waals surface area (Å²) in [5.74, 6) is -2.01. The van der Waals surface area contributed by atoms with E-state index < -0.39 is 35.9 Å². The van der Waals surface area contributed by atoms with Gasteiger partial charge in [0, 0.05) is 12.6 Å². The van der Waals surface area contributed by atoms with Crippen LogP contribution in [0.3, 0.4) is 0 Å². The maximum Gasteiger partial charge on any atom is 0.328 e. The molecule has 0 saturated heterocycles. The van der Waals surface area contributed by atoms with Crippen molar-refractivity contribution in [2.75, 3.05) is 0 Å². The van der Waals surface area contributed by atoms with Crippen LogP contribution in [-0.2, 0) is 19.1 Å². The Bertz CT molecular complexity index is 556. The molecule has 0 aromatic carbocycles. The third-order valence-corrected chi connectivity index (χ3v) is 2.84. The second-order valence-electron chi connectivity index (χ2n) is 5.09. The van der Waals surface area contributed by atoms with Crippen LogP contribution in [0.15, 0.2) is 12.5 Å². The van der Waals surface area contributed by atoms with Crippen molar-refractivity contribution in [2.45, 2.75) is 44.9 Å². The molecule has 4 N–H and O–H groups in total. The molecule has 9 nitrogen and oxygen atoms in total. The highest BCUT2D eigenvalue weighted by Crippen LogP contribution is 2.10. The van der Waals surface area contributed by atoms with Crippen LogP contribution >= 0.6 is 0 Å². The van der Waals surface area contributed by atoms with Crippen molar-refractivity contribution in [1.82, 2.24) is 15.3 Å². The average molecular weight is 324 g/mol. The molecule has 23 heavy (non-hydrogen) atoms. The normalized spacial score (nSPS) is 13.2. The lowest BCUT2D eigenvalue weighted by Crippen LogP contribution is -2.44. The number of ether oxygens (including phenoxy) is 1. The van der Waals surface area contributed by atoms with Gasteiger partial charge in [0.1, 0.15) is 6.04 Å². The van der Waals surface area contributed by atoms with Gasteiger partial charge >= 0.3 is 5.97 Å². The summed E-state index contributed by atoms with van der Waals surface area (Å²) in [5.41, 5.74) is 0.106. The minimum Gasteiger partial charge on any atom is -0.461 e. The third kappa shape index (κ3) is 5.99. The Morgan fingerprint density at radius 2 is 2.17 bits per heavy atom. The molecule has 1 aromatic heterocycles. The average Bonchev–Trinajstić information content (AvgIpc) is 3.03. The van der Waals surface area contributed by atoms with E-state index in [9.17, 15) is 19.5 Å². The van der Waals surface area contributed by atoms with Crippen LogP contribution in [0.25, 0.3) is 0 Å². The molecule has 126 valence electrons. The van der Waals surface area contributed by atoms with E-state index in [0.29, 0.717) is 6.21 Å². The van der Waals surface area contributed by atoms with E-state index in [2.05, 4.69) is 15.3 Å². The van der Waals surface area contributed by atoms with E-state index in [-0.39, 0.29) is 18.5 Å². The molecule has 9 heteroatoms. The predicted octanol–water partition coefficient (Wildman–Crippen LogP) is -0.122. The number of amides is 1. The molecule has 0 aliphatic rings. The van der Waals surface area contributed by atoms with Gasteiger partial charge in [-0.2, -0.15) is 0 Å². The van der Waals surface area contributed by atoms with E-state index in [0.717, 1.165) is 0 Å². The van der Waals surface area contributed by atoms with E-state index in [1.54, 1.807) is 13.8 Å². The van der Waals surface area contributed by atoms with Gasteiger partial charge in [0.15, 0.2) is 11.9 Å². The number of aliphatic hydroxyl groups excluding tert-OH is 1. The Morgan fingerprint density at radius 1 is 1.48 bits per heavy atom. The first kappa shape index (κ1) is 18.5. The Hall–Kier alpha value is -2.55. The Morgan fingerprint density at radius 3 is 2.70 bits per heavy atom. The van der Waals surface area contributed by atoms with Crippen molar-refractivity contribution in [3.8, 4) is 0 Å². The van der Waals surface area contributed by atoms with Crippen LogP contribution < -0.4 is 5.32 Å². The second-order valence-corrected chi connectivity index (χ2v) is 5.09. The number of aliphatic hydroxyl groups is 1. The van der Waals surface area contributed by atoms with Crippen LogP contribution in [0.4, 0.5) is 0 Å². The summed E-state index contributed by atoms with van der Waals surface area (Å²) >= 11 is 0. The molecular formula is C14H20N4O5. The minimum atomic E-state index is -1.55. The summed E-state index contributed by atoms with van der Waals surface area (Å²) < 4.78 is 5.02. The van der Waals surface area contributed by atoms with Crippen LogP contribution in [-0.4, -0.2) is 51.1 Å². The van der Waals surface area contributed by atoms with Crippen LogP contribution in [0.2, 0.25) is 0 Å². The Kier molecular flexibility index (Phi) is 7.07. The van der Waals surface area contributed by atoms with E-state index in [1.807, 2.05) is 0 Å². The van der Waals surface area contributed by atoms with Crippen molar-refractivity contribution in [3.05, 3.63) is 18.2 Å². The van der Waals surface area contributed by atoms with Crippen molar-refractivity contribution in [1.29, 1.82) is 5.41 Å². The van der Waals surface area contributed by atoms with Gasteiger partial charge < -0.3 is 25.6 Å². The fourth-order valence-electron chi connectivity index (χ4n) is 1.73. The monoisotopic (exact) mass is 324 g/mol. The zero-order chi connectivity index (χ0) is 17.4. The number of esters is 1. The molecule has 0 fully saturated rings. The highest BCUT2D eigenvalue weighted by Gasteiger charge is 2.28. The quantitative estimate of drug-likeness (QED) is 0.368. The van der Waals surface area contributed by atoms with E-state index in [1.165, 1.54) is 12.5 Å². The van der Waals surface area contributed by atoms with Crippen molar-refractivity contribution in [2.24, 2.45) is 0 Å². The highest BCUT2D eigenvalue weighted by atomic mass is 16.5. The first-order valence-corrected chi connectivity index (χ1v) is 7.06. The number of carbonyl (C=O) groups excluding carboxylic acids is 3. The number of imidazole rings is 1. The van der Waals surface area contributed by atoms with Gasteiger partial charge in [0.2, 0.25) is 0 Å². The van der Waals surface area contributed by atoms with Crippen molar-refractivity contribution in [3.63, 3.8) is 0 Å². The summed E-state index contributed by atoms with van der Waals surface area (Å²) in [6.45, 7) is 3.30. The molecule has 1 rings (SSSR count). The summed E-state index contributed by atoms with van der Waals surface area (Å²) in [4.78, 5) is 41.6. The van der Waals surface area contributed by atoms with Crippen LogP contribution in [0, 0.1) is 5.41 Å². The van der Waals surface area contributed by atoms with Gasteiger partial charge in [-0.1, -0.05) is 0 Å². The molecule has 0 aliphatic heterocycles. The molecule has 0 radical (unpaired) electrons. The first-order valence-electron chi connectivity index (χ1n) is 7.06. The molecule has 1 heterocycles. The molecule has 0 unspecified atom stereocenters. The van der Waals surface area contributed by atoms with Gasteiger partial charge in [-0.3, -0.25) is 9.59 Å². The molecule has 1 aromatic rings. The van der Waals surface area contributed by atoms with Crippen molar-refractivity contribution < 1.29 is 24.2 Å². The molecule has 1 amide bonds. The number of hydrogen-bond acceptors (Lipinski definition) is 7. The third-order valence-electron chi connectivity index (χ3n) is 2.84. The van der Waals surface area contributed by atoms with Crippen LogP contribution in [0.5, 0.6) is 0 Å². The van der Waals surface area contributed by atoms with E-state index >= 15 is 0 Å². The molecule has 0 aliphatic carbocycles. The summed E-state index contributed by atoms with van der Waals surface area (Å²) in [6.07, 6.45) is 1.23. The first-order chi connectivity index (χ1) is 10.8. The maximum absolute atomic E-state index is 12.0. The van der Waals surface area contributed by atoms with Crippen LogP contribution in [0.1, 0.15) is 38.5 Å². The molecule has 0 spiro atoms. The number of aromatic nitrogens is 2. The molecule has 0 bridgehead atoms. The Labute approximate surface area is 133 Å². The van der Waals surface area contributed by atoms with Gasteiger partial charge in [-0.15, -0.1) is 0 Å². The topological polar surface area (TPSA) is 145 Å². The second kappa shape index (κ2) is 8.79. The number of nitrogens with zero attached hydrogens (tertiary/aromatic N) is 1. The summed E-state index contributed by atoms with van der Waals surface area (Å²) in [5, 5.41) is 19.1. The van der Waals surface area contributed by atoms with Gasteiger partial charge in [-0.05, 0) is 20.3 Å². The number of nitrogens with one attached hydrogen (secondary N) is 3. The zero-order valence-corrected chi connectivity index (χ0v) is 12.9. The molecular weight excluding hydrogens is 304 g/mol. The number of Topliss-reactive ketones (excluding diaryl/α,β-unsaturated/α-hetero) is 1.